The topological polar surface area (TPSA) is 63.3 Å². The van der Waals surface area contributed by atoms with Crippen molar-refractivity contribution in [2.75, 3.05) is 5.73 Å². The number of anilines is 1. The van der Waals surface area contributed by atoms with E-state index in [1.165, 1.54) is 6.07 Å². The number of carboxylic acids is 1. The van der Waals surface area contributed by atoms with Crippen LogP contribution in [0.3, 0.4) is 0 Å². The molecule has 0 saturated heterocycles. The molecule has 4 heteroatoms. The van der Waals surface area contributed by atoms with Gasteiger partial charge in [0.25, 0.3) is 0 Å². The summed E-state index contributed by atoms with van der Waals surface area (Å²) in [6.45, 7) is 0. The number of rotatable bonds is 2. The first-order valence-corrected chi connectivity index (χ1v) is 3.86. The summed E-state index contributed by atoms with van der Waals surface area (Å²) in [5, 5.41) is 8.71. The lowest BCUT2D eigenvalue weighted by Crippen LogP contribution is -2.02. The van der Waals surface area contributed by atoms with Crippen molar-refractivity contribution in [3.05, 3.63) is 29.3 Å². The molecular weight excluding hydrogens is 178 g/mol. The number of nitrogen functional groups attached to an aromatic ring is 1. The molecule has 0 heterocycles. The summed E-state index contributed by atoms with van der Waals surface area (Å²) >= 11 is 5.52. The lowest BCUT2D eigenvalue weighted by molar-refractivity contribution is 0.0696. The summed E-state index contributed by atoms with van der Waals surface area (Å²) in [6.07, 6.45) is 0. The fourth-order valence-corrected chi connectivity index (χ4v) is 1.14. The molecule has 0 radical (unpaired) electrons. The maximum absolute atomic E-state index is 10.6. The molecule has 0 aromatic heterocycles. The normalized spacial score (nSPS) is 9.75. The van der Waals surface area contributed by atoms with E-state index in [2.05, 4.69) is 0 Å². The average molecular weight is 186 g/mol. The number of benzene rings is 1. The van der Waals surface area contributed by atoms with E-state index in [4.69, 9.17) is 22.4 Å². The van der Waals surface area contributed by atoms with Crippen molar-refractivity contribution in [1.82, 2.24) is 0 Å². The van der Waals surface area contributed by atoms with Crippen molar-refractivity contribution in [2.45, 2.75) is 5.88 Å². The monoisotopic (exact) mass is 185 g/mol. The van der Waals surface area contributed by atoms with Gasteiger partial charge < -0.3 is 10.8 Å². The number of aromatic carboxylic acids is 1. The van der Waals surface area contributed by atoms with Gasteiger partial charge in [0.2, 0.25) is 0 Å². The van der Waals surface area contributed by atoms with Crippen LogP contribution in [0.2, 0.25) is 0 Å². The molecule has 3 nitrogen and oxygen atoms in total. The average Bonchev–Trinajstić information content (AvgIpc) is 2.04. The van der Waals surface area contributed by atoms with Gasteiger partial charge in [-0.15, -0.1) is 11.6 Å². The molecule has 3 N–H and O–H groups in total. The summed E-state index contributed by atoms with van der Waals surface area (Å²) in [7, 11) is 0. The highest BCUT2D eigenvalue weighted by atomic mass is 35.5. The molecule has 64 valence electrons. The largest absolute Gasteiger partial charge is 0.478 e. The molecule has 0 saturated carbocycles. The molecule has 1 aromatic rings. The minimum absolute atomic E-state index is 0.171. The molecule has 0 fully saturated rings. The molecule has 0 aliphatic rings. The van der Waals surface area contributed by atoms with E-state index in [1.807, 2.05) is 0 Å². The van der Waals surface area contributed by atoms with Gasteiger partial charge in [0.15, 0.2) is 0 Å². The fraction of sp³-hybridized carbons (Fsp3) is 0.125. The summed E-state index contributed by atoms with van der Waals surface area (Å²) in [5.41, 5.74) is 6.60. The molecule has 0 unspecified atom stereocenters. The first-order valence-electron chi connectivity index (χ1n) is 3.33. The first-order chi connectivity index (χ1) is 5.65. The highest BCUT2D eigenvalue weighted by Crippen LogP contribution is 2.15. The second kappa shape index (κ2) is 3.45. The number of halogens is 1. The number of carbonyl (C=O) groups is 1. The van der Waals surface area contributed by atoms with E-state index < -0.39 is 5.97 Å². The van der Waals surface area contributed by atoms with Gasteiger partial charge in [-0.2, -0.15) is 0 Å². The van der Waals surface area contributed by atoms with Crippen LogP contribution in [0.1, 0.15) is 15.9 Å². The Morgan fingerprint density at radius 2 is 2.25 bits per heavy atom. The summed E-state index contributed by atoms with van der Waals surface area (Å²) < 4.78 is 0. The van der Waals surface area contributed by atoms with Gasteiger partial charge in [-0.3, -0.25) is 0 Å². The van der Waals surface area contributed by atoms with Crippen molar-refractivity contribution in [3.63, 3.8) is 0 Å². The molecule has 1 rings (SSSR count). The van der Waals surface area contributed by atoms with Crippen LogP contribution in [0.25, 0.3) is 0 Å². The second-order valence-electron chi connectivity index (χ2n) is 2.36. The maximum atomic E-state index is 10.6. The third-order valence-corrected chi connectivity index (χ3v) is 1.80. The van der Waals surface area contributed by atoms with Gasteiger partial charge >= 0.3 is 5.97 Å². The molecular formula is C8H8ClNO2. The Morgan fingerprint density at radius 1 is 1.58 bits per heavy atom. The minimum atomic E-state index is -1.00. The van der Waals surface area contributed by atoms with Gasteiger partial charge in [-0.05, 0) is 17.7 Å². The Kier molecular flexibility index (Phi) is 2.55. The van der Waals surface area contributed by atoms with Crippen molar-refractivity contribution in [3.8, 4) is 0 Å². The maximum Gasteiger partial charge on any atom is 0.336 e. The molecule has 1 aromatic carbocycles. The number of alkyl halides is 1. The van der Waals surface area contributed by atoms with Crippen LogP contribution in [0.15, 0.2) is 18.2 Å². The van der Waals surface area contributed by atoms with Gasteiger partial charge in [-0.25, -0.2) is 4.79 Å². The van der Waals surface area contributed by atoms with Crippen LogP contribution in [0.4, 0.5) is 5.69 Å². The predicted octanol–water partition coefficient (Wildman–Crippen LogP) is 1.71. The standard InChI is InChI=1S/C8H8ClNO2/c9-4-5-1-2-6(10)3-7(5)8(11)12/h1-3H,4,10H2,(H,11,12). The van der Waals surface area contributed by atoms with Gasteiger partial charge in [0.1, 0.15) is 0 Å². The minimum Gasteiger partial charge on any atom is -0.478 e. The van der Waals surface area contributed by atoms with E-state index in [0.717, 1.165) is 0 Å². The van der Waals surface area contributed by atoms with Crippen LogP contribution in [0, 0.1) is 0 Å². The highest BCUT2D eigenvalue weighted by Gasteiger charge is 2.08. The quantitative estimate of drug-likeness (QED) is 0.545. The SMILES string of the molecule is Nc1ccc(CCl)c(C(=O)O)c1. The van der Waals surface area contributed by atoms with Crippen molar-refractivity contribution in [2.24, 2.45) is 0 Å². The number of hydrogen-bond acceptors (Lipinski definition) is 2. The van der Waals surface area contributed by atoms with E-state index in [1.54, 1.807) is 12.1 Å². The van der Waals surface area contributed by atoms with E-state index >= 15 is 0 Å². The van der Waals surface area contributed by atoms with E-state index in [-0.39, 0.29) is 11.4 Å². The summed E-state index contributed by atoms with van der Waals surface area (Å²) in [5.74, 6) is -0.819. The molecule has 0 aliphatic carbocycles. The van der Waals surface area contributed by atoms with Gasteiger partial charge in [-0.1, -0.05) is 6.07 Å². The zero-order chi connectivity index (χ0) is 9.14. The molecule has 12 heavy (non-hydrogen) atoms. The Hall–Kier alpha value is -1.22. The Bertz CT molecular complexity index is 312. The fourth-order valence-electron chi connectivity index (χ4n) is 0.910. The molecule has 0 aliphatic heterocycles. The van der Waals surface area contributed by atoms with Crippen LogP contribution in [-0.4, -0.2) is 11.1 Å². The van der Waals surface area contributed by atoms with Crippen LogP contribution in [0.5, 0.6) is 0 Å². The van der Waals surface area contributed by atoms with Crippen molar-refractivity contribution >= 4 is 23.3 Å². The Labute approximate surface area is 74.8 Å². The van der Waals surface area contributed by atoms with Crippen LogP contribution >= 0.6 is 11.6 Å². The smallest absolute Gasteiger partial charge is 0.336 e. The summed E-state index contributed by atoms with van der Waals surface area (Å²) in [4.78, 5) is 10.6. The number of carboxylic acid groups (broad SMARTS) is 1. The highest BCUT2D eigenvalue weighted by molar-refractivity contribution is 6.17. The number of hydrogen-bond donors (Lipinski definition) is 2. The third-order valence-electron chi connectivity index (χ3n) is 1.51. The third kappa shape index (κ3) is 1.68. The van der Waals surface area contributed by atoms with E-state index in [0.29, 0.717) is 11.3 Å². The Balaban J connectivity index is 3.21. The Morgan fingerprint density at radius 3 is 2.75 bits per heavy atom. The molecule has 0 spiro atoms. The van der Waals surface area contributed by atoms with Gasteiger partial charge in [0.05, 0.1) is 5.56 Å². The molecule has 0 bridgehead atoms. The molecule has 0 amide bonds. The zero-order valence-electron chi connectivity index (χ0n) is 6.25. The van der Waals surface area contributed by atoms with E-state index in [9.17, 15) is 4.79 Å². The molecule has 0 atom stereocenters. The van der Waals surface area contributed by atoms with Gasteiger partial charge in [0, 0.05) is 11.6 Å². The lowest BCUT2D eigenvalue weighted by atomic mass is 10.1. The van der Waals surface area contributed by atoms with Crippen LogP contribution < -0.4 is 5.73 Å². The predicted molar refractivity (Wildman–Crippen MR) is 47.4 cm³/mol. The zero-order valence-corrected chi connectivity index (χ0v) is 7.01. The first kappa shape index (κ1) is 8.87. The van der Waals surface area contributed by atoms with Crippen molar-refractivity contribution < 1.29 is 9.90 Å². The number of nitrogens with two attached hydrogens (primary N) is 1. The lowest BCUT2D eigenvalue weighted by Gasteiger charge is -2.02. The van der Waals surface area contributed by atoms with Crippen molar-refractivity contribution in [1.29, 1.82) is 0 Å². The summed E-state index contributed by atoms with van der Waals surface area (Å²) in [6, 6.07) is 4.65. The van der Waals surface area contributed by atoms with Crippen LogP contribution in [-0.2, 0) is 5.88 Å². The second-order valence-corrected chi connectivity index (χ2v) is 2.62.